The van der Waals surface area contributed by atoms with Crippen molar-refractivity contribution in [2.45, 2.75) is 0 Å². The number of rotatable bonds is 0. The van der Waals surface area contributed by atoms with Crippen molar-refractivity contribution in [1.29, 1.82) is 0 Å². The first-order chi connectivity index (χ1) is 2.71. The van der Waals surface area contributed by atoms with Gasteiger partial charge in [0.15, 0.2) is 12.3 Å². The molecule has 3 nitrogen and oxygen atoms in total. The molecule has 0 amide bonds. The minimum atomic E-state index is -2.69. The van der Waals surface area contributed by atoms with Crippen LogP contribution in [0.3, 0.4) is 0 Å². The van der Waals surface area contributed by atoms with Crippen molar-refractivity contribution in [3.63, 3.8) is 0 Å². The smallest absolute Gasteiger partial charge is 0.196 e. The first-order valence-corrected chi connectivity index (χ1v) is 4.00. The molecule has 0 radical (unpaired) electrons. The molecule has 1 aliphatic heterocycles. The van der Waals surface area contributed by atoms with Gasteiger partial charge >= 0.3 is 0 Å². The second-order valence-electron chi connectivity index (χ2n) is 0.612. The van der Waals surface area contributed by atoms with E-state index < -0.39 is 9.05 Å². The molecule has 36 valence electrons. The van der Waals surface area contributed by atoms with E-state index in [1.54, 1.807) is 0 Å². The van der Waals surface area contributed by atoms with Gasteiger partial charge in [0.05, 0.1) is 0 Å². The number of hydrogen-bond donors (Lipinski definition) is 0. The monoisotopic (exact) mass is 144 g/mol. The Morgan fingerprint density at radius 1 is 1.67 bits per heavy atom. The van der Waals surface area contributed by atoms with E-state index in [-0.39, 0.29) is 0 Å². The Labute approximate surface area is 44.5 Å². The van der Waals surface area contributed by atoms with E-state index in [4.69, 9.17) is 0 Å². The van der Waals surface area contributed by atoms with Crippen LogP contribution in [0.15, 0.2) is 0 Å². The van der Waals surface area contributed by atoms with E-state index in [1.807, 2.05) is 0 Å². The average Bonchev–Trinajstić information content (AvgIpc) is 1.32. The highest BCUT2D eigenvalue weighted by Gasteiger charge is 2.20. The van der Waals surface area contributed by atoms with Gasteiger partial charge in [-0.05, 0) is 0 Å². The maximum absolute atomic E-state index is 9.99. The zero-order chi connectivity index (χ0) is 4.62. The molecule has 1 rings (SSSR count). The standard InChI is InChI=1S/O3S3/c1-6(4)2-5-3-6. The Hall–Kier alpha value is 0.640. The van der Waals surface area contributed by atoms with Gasteiger partial charge in [-0.3, -0.25) is 0 Å². The molecule has 0 unspecified atom stereocenters. The quantitative estimate of drug-likeness (QED) is 0.453. The minimum Gasteiger partial charge on any atom is -0.196 e. The zero-order valence-corrected chi connectivity index (χ0v) is 4.90. The molecule has 0 N–H and O–H groups in total. The van der Waals surface area contributed by atoms with Crippen LogP contribution in [0, 0.1) is 0 Å². The van der Waals surface area contributed by atoms with Crippen molar-refractivity contribution in [3.8, 4) is 0 Å². The van der Waals surface area contributed by atoms with Gasteiger partial charge in [0, 0.05) is 11.2 Å². The summed E-state index contributed by atoms with van der Waals surface area (Å²) in [4.78, 5) is 0. The van der Waals surface area contributed by atoms with Crippen LogP contribution in [-0.4, -0.2) is 4.21 Å². The van der Waals surface area contributed by atoms with E-state index in [0.29, 0.717) is 12.3 Å². The van der Waals surface area contributed by atoms with Crippen LogP contribution in [0.2, 0.25) is 0 Å². The summed E-state index contributed by atoms with van der Waals surface area (Å²) in [6, 6.07) is 0. The van der Waals surface area contributed by atoms with Crippen molar-refractivity contribution in [1.82, 2.24) is 0 Å². The molecule has 1 saturated heterocycles. The zero-order valence-electron chi connectivity index (χ0n) is 2.45. The second kappa shape index (κ2) is 1.31. The van der Waals surface area contributed by atoms with Gasteiger partial charge in [-0.15, -0.1) is 0 Å². The third-order valence-corrected chi connectivity index (χ3v) is 3.00. The van der Waals surface area contributed by atoms with Crippen molar-refractivity contribution in [3.05, 3.63) is 0 Å². The van der Waals surface area contributed by atoms with Crippen LogP contribution in [0.25, 0.3) is 0 Å². The van der Waals surface area contributed by atoms with E-state index in [9.17, 15) is 4.21 Å². The molecule has 6 heteroatoms. The van der Waals surface area contributed by atoms with Gasteiger partial charge in [-0.1, -0.05) is 0 Å². The third-order valence-electron chi connectivity index (χ3n) is 0.222. The summed E-state index contributed by atoms with van der Waals surface area (Å²) < 4.78 is 18.3. The number of hydrogen-bond acceptors (Lipinski definition) is 5. The molecule has 6 heavy (non-hydrogen) atoms. The highest BCUT2D eigenvalue weighted by atomic mass is 32.9. The second-order valence-corrected chi connectivity index (χ2v) is 3.88. The van der Waals surface area contributed by atoms with E-state index in [0.717, 1.165) is 0 Å². The highest BCUT2D eigenvalue weighted by Crippen LogP contribution is 2.26. The topological polar surface area (TPSA) is 35.5 Å². The lowest BCUT2D eigenvalue weighted by Crippen LogP contribution is -2.08. The molecule has 1 heterocycles. The van der Waals surface area contributed by atoms with Gasteiger partial charge in [0.2, 0.25) is 0 Å². The first-order valence-electron chi connectivity index (χ1n) is 1.00. The van der Waals surface area contributed by atoms with Crippen LogP contribution in [0.4, 0.5) is 0 Å². The summed E-state index contributed by atoms with van der Waals surface area (Å²) in [5, 5.41) is 0. The van der Waals surface area contributed by atoms with Crippen LogP contribution in [-0.2, 0) is 27.5 Å². The van der Waals surface area contributed by atoms with Gasteiger partial charge in [0.25, 0.3) is 9.05 Å². The Kier molecular flexibility index (Phi) is 1.04. The summed E-state index contributed by atoms with van der Waals surface area (Å²) in [6.45, 7) is 0. The van der Waals surface area contributed by atoms with Gasteiger partial charge in [-0.2, -0.15) is 11.5 Å². The predicted octanol–water partition coefficient (Wildman–Crippen LogP) is 0.173. The lowest BCUT2D eigenvalue weighted by molar-refractivity contribution is 0.437. The summed E-state index contributed by atoms with van der Waals surface area (Å²) in [5.74, 6) is 0. The Balaban J connectivity index is 2.78. The largest absolute Gasteiger partial charge is 0.295 e. The molecule has 0 spiro atoms. The van der Waals surface area contributed by atoms with E-state index >= 15 is 0 Å². The predicted molar refractivity (Wildman–Crippen MR) is 25.3 cm³/mol. The lowest BCUT2D eigenvalue weighted by Gasteiger charge is -2.09. The average molecular weight is 144 g/mol. The Morgan fingerprint density at radius 2 is 2.00 bits per heavy atom. The van der Waals surface area contributed by atoms with Gasteiger partial charge in [0.1, 0.15) is 0 Å². The third kappa shape index (κ3) is 0.824. The van der Waals surface area contributed by atoms with Crippen molar-refractivity contribution in [2.24, 2.45) is 0 Å². The summed E-state index contributed by atoms with van der Waals surface area (Å²) in [5.41, 5.74) is 0. The normalized spacial score (nSPS) is 28.7. The van der Waals surface area contributed by atoms with Crippen molar-refractivity contribution >= 4 is 32.6 Å². The molecule has 0 aromatic carbocycles. The molecule has 0 aliphatic carbocycles. The SMILES string of the molecule is O=S1(=S)OSO1. The highest BCUT2D eigenvalue weighted by molar-refractivity contribution is 8.36. The van der Waals surface area contributed by atoms with Crippen LogP contribution >= 0.6 is 12.3 Å². The Morgan fingerprint density at radius 3 is 2.00 bits per heavy atom. The summed E-state index contributed by atoms with van der Waals surface area (Å²) >= 11 is 4.80. The molecular formula is O3S3. The molecule has 0 aromatic rings. The Bertz CT molecular complexity index is 120. The van der Waals surface area contributed by atoms with Crippen LogP contribution in [0.5, 0.6) is 0 Å². The fourth-order valence-corrected chi connectivity index (χ4v) is 1.07. The fraction of sp³-hybridized carbons (Fsp3) is 0. The van der Waals surface area contributed by atoms with Gasteiger partial charge in [-0.25, -0.2) is 0 Å². The molecule has 0 atom stereocenters. The maximum Gasteiger partial charge on any atom is 0.295 e. The lowest BCUT2D eigenvalue weighted by atomic mass is 15.7. The van der Waals surface area contributed by atoms with Crippen molar-refractivity contribution in [2.75, 3.05) is 0 Å². The van der Waals surface area contributed by atoms with Crippen molar-refractivity contribution < 1.29 is 11.5 Å². The van der Waals surface area contributed by atoms with Gasteiger partial charge < -0.3 is 0 Å². The molecular weight excluding hydrogens is 144 g/mol. The fourth-order valence-electron chi connectivity index (χ4n) is 0.0731. The summed E-state index contributed by atoms with van der Waals surface area (Å²) in [6.07, 6.45) is 0. The molecule has 0 bridgehead atoms. The van der Waals surface area contributed by atoms with E-state index in [2.05, 4.69) is 18.4 Å². The summed E-state index contributed by atoms with van der Waals surface area (Å²) in [7, 11) is -2.69. The minimum absolute atomic E-state index is 0.664. The first kappa shape index (κ1) is 4.79. The molecule has 0 aromatic heterocycles. The van der Waals surface area contributed by atoms with Crippen LogP contribution < -0.4 is 0 Å². The van der Waals surface area contributed by atoms with E-state index in [1.165, 1.54) is 0 Å². The molecule has 1 fully saturated rings. The van der Waals surface area contributed by atoms with Crippen LogP contribution in [0.1, 0.15) is 0 Å². The maximum atomic E-state index is 9.99. The molecule has 0 saturated carbocycles. The molecule has 1 aliphatic rings.